The normalized spacial score (nSPS) is 17.4. The molecular weight excluding hydrogens is 342 g/mol. The van der Waals surface area contributed by atoms with Crippen molar-refractivity contribution >= 4 is 17.2 Å². The van der Waals surface area contributed by atoms with E-state index < -0.39 is 0 Å². The van der Waals surface area contributed by atoms with Crippen LogP contribution in [0.4, 0.5) is 5.82 Å². The summed E-state index contributed by atoms with van der Waals surface area (Å²) in [5.41, 5.74) is 4.40. The zero-order valence-corrected chi connectivity index (χ0v) is 17.2. The van der Waals surface area contributed by atoms with Crippen LogP contribution < -0.4 is 10.2 Å². The van der Waals surface area contributed by atoms with E-state index in [1.54, 1.807) is 11.3 Å². The van der Waals surface area contributed by atoms with Crippen molar-refractivity contribution in [1.29, 1.82) is 0 Å². The molecule has 0 aliphatic carbocycles. The van der Waals surface area contributed by atoms with Gasteiger partial charge in [-0.25, -0.2) is 9.97 Å². The molecule has 0 spiro atoms. The lowest BCUT2D eigenvalue weighted by Gasteiger charge is -2.26. The highest BCUT2D eigenvalue weighted by atomic mass is 32.1. The summed E-state index contributed by atoms with van der Waals surface area (Å²) >= 11 is 1.77. The Kier molecular flexibility index (Phi) is 6.62. The van der Waals surface area contributed by atoms with Crippen LogP contribution in [0.15, 0.2) is 23.8 Å². The van der Waals surface area contributed by atoms with E-state index in [-0.39, 0.29) is 0 Å². The molecule has 26 heavy (non-hydrogen) atoms. The Balaban J connectivity index is 1.68. The first kappa shape index (κ1) is 19.3. The number of aromatic nitrogens is 2. The first-order valence-electron chi connectivity index (χ1n) is 9.52. The smallest absolute Gasteiger partial charge is 0.128 e. The fourth-order valence-electron chi connectivity index (χ4n) is 3.34. The van der Waals surface area contributed by atoms with Gasteiger partial charge in [-0.3, -0.25) is 4.90 Å². The largest absolute Gasteiger partial charge is 0.357 e. The number of pyridine rings is 1. The summed E-state index contributed by atoms with van der Waals surface area (Å²) in [6, 6.07) is 4.82. The third kappa shape index (κ3) is 5.02. The van der Waals surface area contributed by atoms with Gasteiger partial charge in [-0.1, -0.05) is 6.07 Å². The molecule has 1 atom stereocenters. The van der Waals surface area contributed by atoms with Crippen LogP contribution in [0.1, 0.15) is 36.4 Å². The van der Waals surface area contributed by atoms with Crippen LogP contribution in [-0.4, -0.2) is 47.6 Å². The van der Waals surface area contributed by atoms with Gasteiger partial charge in [-0.15, -0.1) is 11.3 Å². The highest BCUT2D eigenvalue weighted by Crippen LogP contribution is 2.20. The van der Waals surface area contributed by atoms with Crippen LogP contribution >= 0.6 is 11.3 Å². The Labute approximate surface area is 161 Å². The van der Waals surface area contributed by atoms with Gasteiger partial charge in [0.05, 0.1) is 11.2 Å². The number of nitrogens with one attached hydrogen (secondary N) is 1. The molecule has 3 rings (SSSR count). The highest BCUT2D eigenvalue weighted by molar-refractivity contribution is 7.09. The summed E-state index contributed by atoms with van der Waals surface area (Å²) in [5.74, 6) is 1.77. The van der Waals surface area contributed by atoms with Gasteiger partial charge in [0.15, 0.2) is 0 Å². The monoisotopic (exact) mass is 373 g/mol. The minimum Gasteiger partial charge on any atom is -0.357 e. The molecule has 1 aliphatic heterocycles. The fourth-order valence-corrected chi connectivity index (χ4v) is 4.16. The Morgan fingerprint density at radius 3 is 2.69 bits per heavy atom. The molecule has 0 aromatic carbocycles. The Hall–Kier alpha value is -1.50. The molecule has 1 N–H and O–H groups in total. The molecule has 1 unspecified atom stereocenters. The predicted octanol–water partition coefficient (Wildman–Crippen LogP) is 3.30. The summed E-state index contributed by atoms with van der Waals surface area (Å²) in [7, 11) is 2.10. The van der Waals surface area contributed by atoms with Crippen LogP contribution in [0.3, 0.4) is 0 Å². The van der Waals surface area contributed by atoms with Crippen molar-refractivity contribution in [2.24, 2.45) is 5.92 Å². The maximum absolute atomic E-state index is 4.68. The van der Waals surface area contributed by atoms with E-state index in [9.17, 15) is 0 Å². The molecule has 0 bridgehead atoms. The van der Waals surface area contributed by atoms with Crippen molar-refractivity contribution in [3.05, 3.63) is 40.0 Å². The van der Waals surface area contributed by atoms with Crippen molar-refractivity contribution in [1.82, 2.24) is 20.2 Å². The number of thiazole rings is 1. The van der Waals surface area contributed by atoms with Gasteiger partial charge in [0.1, 0.15) is 5.82 Å². The Morgan fingerprint density at radius 1 is 1.27 bits per heavy atom. The number of anilines is 1. The van der Waals surface area contributed by atoms with Gasteiger partial charge >= 0.3 is 0 Å². The average molecular weight is 374 g/mol. The lowest BCUT2D eigenvalue weighted by molar-refractivity contribution is 0.222. The summed E-state index contributed by atoms with van der Waals surface area (Å²) < 4.78 is 0. The highest BCUT2D eigenvalue weighted by Gasteiger charge is 2.20. The second-order valence-electron chi connectivity index (χ2n) is 7.62. The lowest BCUT2D eigenvalue weighted by Crippen LogP contribution is -2.30. The number of nitrogens with zero attached hydrogens (tertiary/aromatic N) is 4. The number of hydrogen-bond acceptors (Lipinski definition) is 6. The van der Waals surface area contributed by atoms with Crippen LogP contribution in [0.2, 0.25) is 0 Å². The fraction of sp³-hybridized carbons (Fsp3) is 0.600. The van der Waals surface area contributed by atoms with Crippen molar-refractivity contribution < 1.29 is 0 Å². The number of hydrogen-bond donors (Lipinski definition) is 1. The van der Waals surface area contributed by atoms with Crippen molar-refractivity contribution in [3.63, 3.8) is 0 Å². The van der Waals surface area contributed by atoms with Crippen molar-refractivity contribution in [2.75, 3.05) is 31.6 Å². The standard InChI is InChI=1S/C20H31N5S/c1-15(2)24(4)20-6-5-17(10-22-20)11-25(12-18-7-8-21-9-18)13-19-16(3)23-14-26-19/h5-6,10,14-15,18,21H,7-9,11-13H2,1-4H3. The van der Waals surface area contributed by atoms with E-state index >= 15 is 0 Å². The molecule has 5 nitrogen and oxygen atoms in total. The van der Waals surface area contributed by atoms with Crippen LogP contribution in [-0.2, 0) is 13.1 Å². The van der Waals surface area contributed by atoms with Gasteiger partial charge in [0, 0.05) is 43.8 Å². The molecule has 1 aliphatic rings. The van der Waals surface area contributed by atoms with Crippen LogP contribution in [0, 0.1) is 12.8 Å². The molecule has 0 radical (unpaired) electrons. The van der Waals surface area contributed by atoms with Gasteiger partial charge < -0.3 is 10.2 Å². The summed E-state index contributed by atoms with van der Waals surface area (Å²) in [4.78, 5) is 15.2. The molecule has 3 heterocycles. The SMILES string of the molecule is Cc1ncsc1CN(Cc1ccc(N(C)C(C)C)nc1)CC1CCNC1. The topological polar surface area (TPSA) is 44.3 Å². The molecule has 0 amide bonds. The molecule has 2 aromatic rings. The van der Waals surface area contributed by atoms with E-state index in [0.717, 1.165) is 50.2 Å². The van der Waals surface area contributed by atoms with Gasteiger partial charge in [-0.05, 0) is 57.8 Å². The van der Waals surface area contributed by atoms with Crippen LogP contribution in [0.5, 0.6) is 0 Å². The van der Waals surface area contributed by atoms with Gasteiger partial charge in [0.2, 0.25) is 0 Å². The zero-order chi connectivity index (χ0) is 18.5. The van der Waals surface area contributed by atoms with E-state index in [2.05, 4.69) is 65.0 Å². The number of rotatable bonds is 8. The van der Waals surface area contributed by atoms with Gasteiger partial charge in [0.25, 0.3) is 0 Å². The maximum Gasteiger partial charge on any atom is 0.128 e. The minimum absolute atomic E-state index is 0.453. The summed E-state index contributed by atoms with van der Waals surface area (Å²) in [6.45, 7) is 11.8. The quantitative estimate of drug-likeness (QED) is 0.769. The third-order valence-electron chi connectivity index (χ3n) is 5.24. The molecular formula is C20H31N5S. The lowest BCUT2D eigenvalue weighted by atomic mass is 10.1. The Morgan fingerprint density at radius 2 is 2.12 bits per heavy atom. The van der Waals surface area contributed by atoms with E-state index in [1.165, 1.54) is 16.9 Å². The predicted molar refractivity (Wildman–Crippen MR) is 110 cm³/mol. The van der Waals surface area contributed by atoms with Crippen molar-refractivity contribution in [3.8, 4) is 0 Å². The van der Waals surface area contributed by atoms with E-state index in [4.69, 9.17) is 0 Å². The Bertz CT molecular complexity index is 676. The zero-order valence-electron chi connectivity index (χ0n) is 16.4. The molecule has 6 heteroatoms. The third-order valence-corrected chi connectivity index (χ3v) is 6.16. The molecule has 1 saturated heterocycles. The first-order chi connectivity index (χ1) is 12.5. The molecule has 1 fully saturated rings. The molecule has 2 aromatic heterocycles. The minimum atomic E-state index is 0.453. The van der Waals surface area contributed by atoms with Crippen molar-refractivity contribution in [2.45, 2.75) is 46.3 Å². The number of aryl methyl sites for hydroxylation is 1. The maximum atomic E-state index is 4.68. The summed E-state index contributed by atoms with van der Waals surface area (Å²) in [5, 5.41) is 3.49. The first-order valence-corrected chi connectivity index (χ1v) is 10.4. The average Bonchev–Trinajstić information content (AvgIpc) is 3.27. The second kappa shape index (κ2) is 8.93. The molecule has 0 saturated carbocycles. The van der Waals surface area contributed by atoms with E-state index in [1.807, 2.05) is 11.7 Å². The second-order valence-corrected chi connectivity index (χ2v) is 8.56. The molecule has 142 valence electrons. The van der Waals surface area contributed by atoms with Gasteiger partial charge in [-0.2, -0.15) is 0 Å². The van der Waals surface area contributed by atoms with Crippen LogP contribution in [0.25, 0.3) is 0 Å². The van der Waals surface area contributed by atoms with E-state index in [0.29, 0.717) is 6.04 Å². The summed E-state index contributed by atoms with van der Waals surface area (Å²) in [6.07, 6.45) is 3.31.